The minimum absolute atomic E-state index is 0.243. The minimum Gasteiger partial charge on any atom is -0.480 e. The number of amides is 1. The number of rotatable bonds is 7. The quantitative estimate of drug-likeness (QED) is 0.646. The number of nitrogens with one attached hydrogen (secondary N) is 1. The fraction of sp³-hybridized carbons (Fsp3) is 0.462. The van der Waals surface area contributed by atoms with Crippen LogP contribution in [0.2, 0.25) is 0 Å². The molecule has 2 unspecified atom stereocenters. The number of aromatic nitrogens is 2. The molecule has 0 saturated carbocycles. The van der Waals surface area contributed by atoms with Gasteiger partial charge in [0.25, 0.3) is 0 Å². The van der Waals surface area contributed by atoms with Gasteiger partial charge in [-0.05, 0) is 55.1 Å². The van der Waals surface area contributed by atoms with Gasteiger partial charge in [-0.25, -0.2) is 9.97 Å². The number of benzene rings is 1. The molecule has 1 heterocycles. The Hall–Kier alpha value is -3.02. The lowest BCUT2D eigenvalue weighted by Crippen LogP contribution is -2.38. The molecule has 1 aromatic heterocycles. The lowest BCUT2D eigenvalue weighted by atomic mass is 9.72. The molecule has 3 rings (SSSR count). The fourth-order valence-corrected chi connectivity index (χ4v) is 3.98. The lowest BCUT2D eigenvalue weighted by Gasteiger charge is -2.33. The zero-order valence-corrected chi connectivity index (χ0v) is 19.4. The summed E-state index contributed by atoms with van der Waals surface area (Å²) in [7, 11) is 0. The zero-order chi connectivity index (χ0) is 23.3. The van der Waals surface area contributed by atoms with Crippen LogP contribution in [0.4, 0.5) is 0 Å². The van der Waals surface area contributed by atoms with Crippen LogP contribution in [0, 0.1) is 11.3 Å². The average Bonchev–Trinajstić information content (AvgIpc) is 2.77. The van der Waals surface area contributed by atoms with Crippen LogP contribution < -0.4 is 5.32 Å². The summed E-state index contributed by atoms with van der Waals surface area (Å²) in [6, 6.07) is 6.94. The van der Waals surface area contributed by atoms with Gasteiger partial charge in [-0.3, -0.25) is 9.59 Å². The van der Waals surface area contributed by atoms with Crippen molar-refractivity contribution in [3.05, 3.63) is 53.9 Å². The number of carboxylic acids is 1. The molecule has 32 heavy (non-hydrogen) atoms. The second-order valence-electron chi connectivity index (χ2n) is 9.69. The lowest BCUT2D eigenvalue weighted by molar-refractivity contribution is -0.141. The van der Waals surface area contributed by atoms with Crippen LogP contribution in [-0.2, 0) is 16.0 Å². The van der Waals surface area contributed by atoms with Crippen molar-refractivity contribution < 1.29 is 14.7 Å². The van der Waals surface area contributed by atoms with E-state index in [1.54, 1.807) is 0 Å². The van der Waals surface area contributed by atoms with E-state index in [9.17, 15) is 9.59 Å². The van der Waals surface area contributed by atoms with Gasteiger partial charge in [-0.1, -0.05) is 51.1 Å². The van der Waals surface area contributed by atoms with Crippen LogP contribution in [0.5, 0.6) is 0 Å². The molecule has 0 bridgehead atoms. The Morgan fingerprint density at radius 3 is 2.31 bits per heavy atom. The second kappa shape index (κ2) is 10.1. The first-order chi connectivity index (χ1) is 15.1. The molecular formula is C26H33N3O3. The topological polar surface area (TPSA) is 92.2 Å². The molecule has 2 aromatic rings. The van der Waals surface area contributed by atoms with Gasteiger partial charge < -0.3 is 10.4 Å². The predicted molar refractivity (Wildman–Crippen MR) is 126 cm³/mol. The molecule has 0 saturated heterocycles. The number of aryl methyl sites for hydroxylation is 1. The van der Waals surface area contributed by atoms with E-state index in [1.165, 1.54) is 18.9 Å². The van der Waals surface area contributed by atoms with Crippen molar-refractivity contribution in [3.63, 3.8) is 0 Å². The average molecular weight is 436 g/mol. The highest BCUT2D eigenvalue weighted by atomic mass is 16.4. The molecule has 6 nitrogen and oxygen atoms in total. The standard InChI is InChI=1S/C26H33N3O3/c1-17(25(31)32)29-23(30)14-7-18-5-8-20(9-6-18)24-27-15-21(16-28-24)19-10-12-22(13-11-19)26(2,3)4/h5-6,8-10,15-17,22H,7,11-14H2,1-4H3,(H,29,30)(H,31,32). The Balaban J connectivity index is 1.57. The van der Waals surface area contributed by atoms with Gasteiger partial charge in [-0.15, -0.1) is 0 Å². The Kier molecular flexibility index (Phi) is 7.44. The van der Waals surface area contributed by atoms with Crippen LogP contribution in [0.3, 0.4) is 0 Å². The van der Waals surface area contributed by atoms with Crippen molar-refractivity contribution in [2.45, 2.75) is 65.8 Å². The molecule has 0 aliphatic heterocycles. The largest absolute Gasteiger partial charge is 0.480 e. The molecule has 1 aromatic carbocycles. The van der Waals surface area contributed by atoms with Crippen molar-refractivity contribution >= 4 is 17.4 Å². The monoisotopic (exact) mass is 435 g/mol. The molecule has 1 aliphatic rings. The summed E-state index contributed by atoms with van der Waals surface area (Å²) >= 11 is 0. The first kappa shape index (κ1) is 23.6. The summed E-state index contributed by atoms with van der Waals surface area (Å²) in [5.74, 6) is 0.0882. The highest BCUT2D eigenvalue weighted by Gasteiger charge is 2.26. The molecule has 2 atom stereocenters. The fourth-order valence-electron chi connectivity index (χ4n) is 3.98. The smallest absolute Gasteiger partial charge is 0.325 e. The van der Waals surface area contributed by atoms with E-state index in [-0.39, 0.29) is 12.3 Å². The van der Waals surface area contributed by atoms with Gasteiger partial charge >= 0.3 is 5.97 Å². The maximum atomic E-state index is 11.8. The van der Waals surface area contributed by atoms with Gasteiger partial charge in [-0.2, -0.15) is 0 Å². The molecule has 6 heteroatoms. The number of nitrogens with zero attached hydrogens (tertiary/aromatic N) is 2. The number of aliphatic carboxylic acids is 1. The number of carbonyl (C=O) groups excluding carboxylic acids is 1. The summed E-state index contributed by atoms with van der Waals surface area (Å²) in [6.07, 6.45) is 10.3. The highest BCUT2D eigenvalue weighted by molar-refractivity contribution is 5.83. The van der Waals surface area contributed by atoms with Crippen molar-refractivity contribution in [3.8, 4) is 11.4 Å². The number of hydrogen-bond acceptors (Lipinski definition) is 4. The summed E-state index contributed by atoms with van der Waals surface area (Å²) in [6.45, 7) is 8.39. The molecule has 1 aliphatic carbocycles. The van der Waals surface area contributed by atoms with Crippen LogP contribution >= 0.6 is 0 Å². The molecule has 0 radical (unpaired) electrons. The Morgan fingerprint density at radius 2 is 1.78 bits per heavy atom. The van der Waals surface area contributed by atoms with E-state index in [0.29, 0.717) is 17.7 Å². The summed E-state index contributed by atoms with van der Waals surface area (Å²) in [4.78, 5) is 31.8. The van der Waals surface area contributed by atoms with Crippen molar-refractivity contribution in [1.82, 2.24) is 15.3 Å². The van der Waals surface area contributed by atoms with Gasteiger partial charge in [0.1, 0.15) is 6.04 Å². The first-order valence-corrected chi connectivity index (χ1v) is 11.3. The maximum absolute atomic E-state index is 11.8. The second-order valence-corrected chi connectivity index (χ2v) is 9.69. The van der Waals surface area contributed by atoms with Gasteiger partial charge in [0.2, 0.25) is 5.91 Å². The number of hydrogen-bond donors (Lipinski definition) is 2. The number of carboxylic acid groups (broad SMARTS) is 1. The molecule has 1 amide bonds. The molecule has 2 N–H and O–H groups in total. The van der Waals surface area contributed by atoms with Crippen LogP contribution in [0.1, 0.15) is 64.5 Å². The SMILES string of the molecule is CC(NC(=O)CCc1ccc(-c2ncc(C3=CCC(C(C)(C)C)CC3)cn2)cc1)C(=O)O. The van der Waals surface area contributed by atoms with Gasteiger partial charge in [0, 0.05) is 29.9 Å². The Morgan fingerprint density at radius 1 is 1.12 bits per heavy atom. The van der Waals surface area contributed by atoms with E-state index in [4.69, 9.17) is 5.11 Å². The molecule has 170 valence electrons. The number of carbonyl (C=O) groups is 2. The van der Waals surface area contributed by atoms with E-state index in [0.717, 1.165) is 35.4 Å². The minimum atomic E-state index is -1.04. The van der Waals surface area contributed by atoms with Crippen molar-refractivity contribution in [1.29, 1.82) is 0 Å². The van der Waals surface area contributed by atoms with E-state index in [2.05, 4.69) is 42.1 Å². The van der Waals surface area contributed by atoms with Crippen LogP contribution in [0.25, 0.3) is 17.0 Å². The van der Waals surface area contributed by atoms with Crippen LogP contribution in [-0.4, -0.2) is 33.0 Å². The van der Waals surface area contributed by atoms with Crippen molar-refractivity contribution in [2.24, 2.45) is 11.3 Å². The van der Waals surface area contributed by atoms with E-state index in [1.807, 2.05) is 36.7 Å². The number of allylic oxidation sites excluding steroid dienone is 2. The summed E-state index contributed by atoms with van der Waals surface area (Å²) in [5.41, 5.74) is 4.70. The Labute approximate surface area is 190 Å². The molecule has 0 spiro atoms. The third-order valence-electron chi connectivity index (χ3n) is 6.26. The third kappa shape index (κ3) is 6.25. The molecule has 0 fully saturated rings. The highest BCUT2D eigenvalue weighted by Crippen LogP contribution is 2.39. The van der Waals surface area contributed by atoms with E-state index < -0.39 is 12.0 Å². The van der Waals surface area contributed by atoms with Gasteiger partial charge in [0.15, 0.2) is 5.82 Å². The first-order valence-electron chi connectivity index (χ1n) is 11.3. The maximum Gasteiger partial charge on any atom is 0.325 e. The Bertz CT molecular complexity index is 973. The van der Waals surface area contributed by atoms with Crippen LogP contribution in [0.15, 0.2) is 42.7 Å². The normalized spacial score (nSPS) is 17.4. The zero-order valence-electron chi connectivity index (χ0n) is 19.4. The third-order valence-corrected chi connectivity index (χ3v) is 6.26. The van der Waals surface area contributed by atoms with Gasteiger partial charge in [0.05, 0.1) is 0 Å². The summed E-state index contributed by atoms with van der Waals surface area (Å²) in [5, 5.41) is 11.3. The molecular weight excluding hydrogens is 402 g/mol. The predicted octanol–water partition coefficient (Wildman–Crippen LogP) is 4.90. The van der Waals surface area contributed by atoms with E-state index >= 15 is 0 Å². The summed E-state index contributed by atoms with van der Waals surface area (Å²) < 4.78 is 0. The van der Waals surface area contributed by atoms with Crippen molar-refractivity contribution in [2.75, 3.05) is 0 Å².